The first-order valence-corrected chi connectivity index (χ1v) is 15.1. The van der Waals surface area contributed by atoms with Crippen molar-refractivity contribution in [1.82, 2.24) is 10.2 Å². The van der Waals surface area contributed by atoms with Crippen LogP contribution in [-0.4, -0.2) is 43.8 Å². The summed E-state index contributed by atoms with van der Waals surface area (Å²) in [5.41, 5.74) is 0.818. The molecule has 212 valence electrons. The molecule has 0 heterocycles. The lowest BCUT2D eigenvalue weighted by Gasteiger charge is -2.33. The minimum absolute atomic E-state index is 0.00681. The second-order valence-electron chi connectivity index (χ2n) is 9.97. The van der Waals surface area contributed by atoms with Gasteiger partial charge in [-0.2, -0.15) is 0 Å². The van der Waals surface area contributed by atoms with Crippen LogP contribution in [0.1, 0.15) is 44.6 Å². The minimum Gasteiger partial charge on any atom is -0.352 e. The molecule has 1 saturated carbocycles. The second-order valence-corrected chi connectivity index (χ2v) is 12.3. The molecule has 3 aromatic carbocycles. The van der Waals surface area contributed by atoms with E-state index in [4.69, 9.17) is 11.6 Å². The van der Waals surface area contributed by atoms with Gasteiger partial charge in [0, 0.05) is 17.6 Å². The molecule has 0 radical (unpaired) electrons. The van der Waals surface area contributed by atoms with Crippen molar-refractivity contribution in [1.29, 1.82) is 0 Å². The summed E-state index contributed by atoms with van der Waals surface area (Å²) in [5.74, 6) is -1.33. The molecule has 40 heavy (non-hydrogen) atoms. The van der Waals surface area contributed by atoms with Crippen molar-refractivity contribution in [3.05, 3.63) is 95.3 Å². The van der Waals surface area contributed by atoms with Crippen LogP contribution in [0.25, 0.3) is 0 Å². The van der Waals surface area contributed by atoms with Gasteiger partial charge in [0.25, 0.3) is 10.0 Å². The fourth-order valence-electron chi connectivity index (χ4n) is 4.82. The molecular weight excluding hydrogens is 553 g/mol. The Kier molecular flexibility index (Phi) is 9.81. The number of hydrogen-bond acceptors (Lipinski definition) is 4. The van der Waals surface area contributed by atoms with Crippen molar-refractivity contribution in [2.24, 2.45) is 0 Å². The molecule has 0 saturated heterocycles. The summed E-state index contributed by atoms with van der Waals surface area (Å²) in [6.07, 6.45) is 4.95. The third-order valence-corrected chi connectivity index (χ3v) is 9.11. The molecule has 0 aliphatic heterocycles. The second kappa shape index (κ2) is 13.3. The highest BCUT2D eigenvalue weighted by molar-refractivity contribution is 7.92. The van der Waals surface area contributed by atoms with Crippen LogP contribution in [0.15, 0.2) is 83.8 Å². The third-order valence-electron chi connectivity index (χ3n) is 7.09. The van der Waals surface area contributed by atoms with E-state index >= 15 is 0 Å². The van der Waals surface area contributed by atoms with E-state index in [9.17, 15) is 22.4 Å². The molecule has 7 nitrogen and oxygen atoms in total. The lowest BCUT2D eigenvalue weighted by molar-refractivity contribution is -0.139. The Hall–Kier alpha value is -3.43. The number of rotatable bonds is 10. The maximum atomic E-state index is 13.9. The SMILES string of the molecule is CC(C(=O)NC1CCCCC1)N(Cc1ccc(F)cc1)C(=O)CN(c1cccc(Cl)c1)S(=O)(=O)c1ccccc1. The number of hydrogen-bond donors (Lipinski definition) is 1. The van der Waals surface area contributed by atoms with Crippen LogP contribution in [-0.2, 0) is 26.2 Å². The normalized spacial score (nSPS) is 14.8. The molecule has 1 aliphatic rings. The van der Waals surface area contributed by atoms with Gasteiger partial charge in [-0.05, 0) is 67.8 Å². The highest BCUT2D eigenvalue weighted by Crippen LogP contribution is 2.27. The Morgan fingerprint density at radius 2 is 1.65 bits per heavy atom. The average Bonchev–Trinajstić information content (AvgIpc) is 2.96. The summed E-state index contributed by atoms with van der Waals surface area (Å²) in [7, 11) is -4.17. The van der Waals surface area contributed by atoms with Crippen LogP contribution < -0.4 is 9.62 Å². The monoisotopic (exact) mass is 585 g/mol. The molecule has 0 bridgehead atoms. The Morgan fingerprint density at radius 3 is 2.30 bits per heavy atom. The van der Waals surface area contributed by atoms with E-state index in [0.29, 0.717) is 10.6 Å². The van der Waals surface area contributed by atoms with Crippen LogP contribution in [0.3, 0.4) is 0 Å². The van der Waals surface area contributed by atoms with Crippen LogP contribution in [0, 0.1) is 5.82 Å². The number of benzene rings is 3. The van der Waals surface area contributed by atoms with E-state index < -0.39 is 34.3 Å². The molecule has 3 aromatic rings. The number of sulfonamides is 1. The molecule has 1 atom stereocenters. The maximum Gasteiger partial charge on any atom is 0.264 e. The largest absolute Gasteiger partial charge is 0.352 e. The molecule has 1 unspecified atom stereocenters. The van der Waals surface area contributed by atoms with Gasteiger partial charge in [-0.3, -0.25) is 13.9 Å². The Bertz CT molecular complexity index is 1410. The van der Waals surface area contributed by atoms with Gasteiger partial charge in [0.05, 0.1) is 10.6 Å². The number of halogens is 2. The molecule has 1 fully saturated rings. The summed E-state index contributed by atoms with van der Waals surface area (Å²) < 4.78 is 42.1. The van der Waals surface area contributed by atoms with Gasteiger partial charge >= 0.3 is 0 Å². The van der Waals surface area contributed by atoms with Crippen molar-refractivity contribution < 1.29 is 22.4 Å². The Labute approximate surface area is 240 Å². The Balaban J connectivity index is 1.66. The van der Waals surface area contributed by atoms with E-state index in [1.807, 2.05) is 0 Å². The number of carbonyl (C=O) groups excluding carboxylic acids is 2. The number of nitrogens with zero attached hydrogens (tertiary/aromatic N) is 2. The molecule has 2 amide bonds. The minimum atomic E-state index is -4.17. The Morgan fingerprint density at radius 1 is 0.975 bits per heavy atom. The number of anilines is 1. The number of amides is 2. The fourth-order valence-corrected chi connectivity index (χ4v) is 6.43. The lowest BCUT2D eigenvalue weighted by Crippen LogP contribution is -2.53. The van der Waals surface area contributed by atoms with Gasteiger partial charge < -0.3 is 10.2 Å². The van der Waals surface area contributed by atoms with E-state index in [1.54, 1.807) is 43.3 Å². The van der Waals surface area contributed by atoms with Crippen LogP contribution in [0.2, 0.25) is 5.02 Å². The summed E-state index contributed by atoms with van der Waals surface area (Å²) in [6.45, 7) is 1.04. The van der Waals surface area contributed by atoms with E-state index in [0.717, 1.165) is 36.4 Å². The van der Waals surface area contributed by atoms with Gasteiger partial charge in [-0.15, -0.1) is 0 Å². The van der Waals surface area contributed by atoms with E-state index in [1.165, 1.54) is 47.4 Å². The fraction of sp³-hybridized carbons (Fsp3) is 0.333. The summed E-state index contributed by atoms with van der Waals surface area (Å²) in [5, 5.41) is 3.36. The van der Waals surface area contributed by atoms with Crippen molar-refractivity contribution in [3.63, 3.8) is 0 Å². The zero-order valence-corrected chi connectivity index (χ0v) is 23.9. The molecule has 10 heteroatoms. The van der Waals surface area contributed by atoms with Gasteiger partial charge in [-0.1, -0.05) is 67.3 Å². The van der Waals surface area contributed by atoms with E-state index in [-0.39, 0.29) is 29.1 Å². The molecular formula is C30H33ClFN3O4S. The predicted octanol–water partition coefficient (Wildman–Crippen LogP) is 5.54. The van der Waals surface area contributed by atoms with E-state index in [2.05, 4.69) is 5.32 Å². The van der Waals surface area contributed by atoms with Crippen LogP contribution in [0.4, 0.5) is 10.1 Å². The topological polar surface area (TPSA) is 86.8 Å². The molecule has 1 N–H and O–H groups in total. The molecule has 1 aliphatic carbocycles. The quantitative estimate of drug-likeness (QED) is 0.338. The highest BCUT2D eigenvalue weighted by atomic mass is 35.5. The maximum absolute atomic E-state index is 13.9. The van der Waals surface area contributed by atoms with Crippen molar-refractivity contribution in [2.45, 2.75) is 62.6 Å². The summed E-state index contributed by atoms with van der Waals surface area (Å²) in [4.78, 5) is 28.6. The first kappa shape index (κ1) is 29.6. The number of carbonyl (C=O) groups is 2. The highest BCUT2D eigenvalue weighted by Gasteiger charge is 2.33. The first-order chi connectivity index (χ1) is 19.1. The van der Waals surface area contributed by atoms with Gasteiger partial charge in [-0.25, -0.2) is 12.8 Å². The first-order valence-electron chi connectivity index (χ1n) is 13.3. The average molecular weight is 586 g/mol. The molecule has 0 aromatic heterocycles. The predicted molar refractivity (Wildman–Crippen MR) is 154 cm³/mol. The molecule has 4 rings (SSSR count). The van der Waals surface area contributed by atoms with Crippen molar-refractivity contribution in [2.75, 3.05) is 10.8 Å². The summed E-state index contributed by atoms with van der Waals surface area (Å²) >= 11 is 6.19. The van der Waals surface area contributed by atoms with Crippen molar-refractivity contribution in [3.8, 4) is 0 Å². The zero-order valence-electron chi connectivity index (χ0n) is 22.3. The lowest BCUT2D eigenvalue weighted by atomic mass is 9.95. The smallest absolute Gasteiger partial charge is 0.264 e. The number of nitrogens with one attached hydrogen (secondary N) is 1. The summed E-state index contributed by atoms with van der Waals surface area (Å²) in [6, 6.07) is 18.8. The zero-order chi connectivity index (χ0) is 28.7. The van der Waals surface area contributed by atoms with Gasteiger partial charge in [0.2, 0.25) is 11.8 Å². The molecule has 0 spiro atoms. The third kappa shape index (κ3) is 7.40. The van der Waals surface area contributed by atoms with Gasteiger partial charge in [0.1, 0.15) is 18.4 Å². The van der Waals surface area contributed by atoms with Crippen LogP contribution in [0.5, 0.6) is 0 Å². The van der Waals surface area contributed by atoms with Crippen molar-refractivity contribution >= 4 is 39.1 Å². The van der Waals surface area contributed by atoms with Crippen LogP contribution >= 0.6 is 11.6 Å². The van der Waals surface area contributed by atoms with Gasteiger partial charge in [0.15, 0.2) is 0 Å². The standard InChI is InChI=1S/C30H33ClFN3O4S/c1-22(30(37)33-26-10-4-2-5-11-26)34(20-23-15-17-25(32)18-16-23)29(36)21-35(27-12-8-9-24(31)19-27)40(38,39)28-13-6-3-7-14-28/h3,6-9,12-19,22,26H,2,4-5,10-11,20-21H2,1H3,(H,33,37).